The smallest absolute Gasteiger partial charge is 0.317 e. The summed E-state index contributed by atoms with van der Waals surface area (Å²) in [7, 11) is 0. The Bertz CT molecular complexity index is 591. The molecule has 5 nitrogen and oxygen atoms in total. The van der Waals surface area contributed by atoms with E-state index in [0.29, 0.717) is 18.1 Å². The van der Waals surface area contributed by atoms with Crippen molar-refractivity contribution in [1.82, 2.24) is 10.2 Å². The van der Waals surface area contributed by atoms with Crippen molar-refractivity contribution in [2.45, 2.75) is 56.7 Å². The van der Waals surface area contributed by atoms with Crippen LogP contribution in [0, 0.1) is 5.92 Å². The van der Waals surface area contributed by atoms with E-state index in [2.05, 4.69) is 45.4 Å². The number of nitrogens with one attached hydrogen (secondary N) is 1. The van der Waals surface area contributed by atoms with Crippen molar-refractivity contribution < 1.29 is 9.90 Å². The fourth-order valence-corrected chi connectivity index (χ4v) is 4.45. The van der Waals surface area contributed by atoms with Gasteiger partial charge in [0.1, 0.15) is 0 Å². The Hall–Kier alpha value is -1.59. The minimum Gasteiger partial charge on any atom is -0.480 e. The molecule has 0 unspecified atom stereocenters. The topological polar surface area (TPSA) is 55.8 Å². The van der Waals surface area contributed by atoms with E-state index in [1.807, 2.05) is 0 Å². The van der Waals surface area contributed by atoms with Crippen LogP contribution in [0.3, 0.4) is 0 Å². The Balaban J connectivity index is 1.19. The molecule has 1 saturated heterocycles. The lowest BCUT2D eigenvalue weighted by atomic mass is 9.84. The molecule has 1 heterocycles. The maximum absolute atomic E-state index is 11.1. The van der Waals surface area contributed by atoms with Crippen molar-refractivity contribution in [1.29, 1.82) is 0 Å². The first-order chi connectivity index (χ1) is 12.7. The average molecular weight is 357 g/mol. The minimum atomic E-state index is -0.685. The molecule has 2 aliphatic carbocycles. The molecule has 1 aromatic rings. The van der Waals surface area contributed by atoms with Gasteiger partial charge >= 0.3 is 5.97 Å². The van der Waals surface area contributed by atoms with Gasteiger partial charge in [-0.15, -0.1) is 0 Å². The van der Waals surface area contributed by atoms with Gasteiger partial charge in [0.15, 0.2) is 0 Å². The Kier molecular flexibility index (Phi) is 5.46. The molecule has 0 amide bonds. The molecule has 0 atom stereocenters. The highest BCUT2D eigenvalue weighted by atomic mass is 16.4. The SMILES string of the molecule is O=C(O)CN(CC1CC1)C1CC(NC2CCN(c3ccccc3)CC2)C1. The number of nitrogens with zero attached hydrogens (tertiary/aromatic N) is 2. The van der Waals surface area contributed by atoms with Gasteiger partial charge in [-0.05, 0) is 56.6 Å². The Morgan fingerprint density at radius 2 is 1.77 bits per heavy atom. The number of hydrogen-bond donors (Lipinski definition) is 2. The van der Waals surface area contributed by atoms with Gasteiger partial charge in [0, 0.05) is 43.4 Å². The number of hydrogen-bond acceptors (Lipinski definition) is 4. The molecule has 26 heavy (non-hydrogen) atoms. The molecule has 0 aromatic heterocycles. The van der Waals surface area contributed by atoms with Crippen molar-refractivity contribution in [3.8, 4) is 0 Å². The fraction of sp³-hybridized carbons (Fsp3) is 0.667. The first-order valence-corrected chi connectivity index (χ1v) is 10.2. The maximum atomic E-state index is 11.1. The number of piperidine rings is 1. The maximum Gasteiger partial charge on any atom is 0.317 e. The Labute approximate surface area is 156 Å². The van der Waals surface area contributed by atoms with E-state index in [1.165, 1.54) is 31.4 Å². The number of benzene rings is 1. The van der Waals surface area contributed by atoms with Crippen LogP contribution in [0.2, 0.25) is 0 Å². The van der Waals surface area contributed by atoms with E-state index in [1.54, 1.807) is 0 Å². The summed E-state index contributed by atoms with van der Waals surface area (Å²) in [6.45, 7) is 3.43. The Morgan fingerprint density at radius 3 is 2.38 bits per heavy atom. The van der Waals surface area contributed by atoms with Crippen LogP contribution >= 0.6 is 0 Å². The van der Waals surface area contributed by atoms with Gasteiger partial charge in [-0.1, -0.05) is 18.2 Å². The van der Waals surface area contributed by atoms with Gasteiger partial charge in [-0.3, -0.25) is 9.69 Å². The standard InChI is InChI=1S/C21H31N3O2/c25-21(26)15-24(14-16-6-7-16)20-12-18(13-20)22-17-8-10-23(11-9-17)19-4-2-1-3-5-19/h1-5,16-18,20,22H,6-15H2,(H,25,26). The Morgan fingerprint density at radius 1 is 1.08 bits per heavy atom. The van der Waals surface area contributed by atoms with Crippen molar-refractivity contribution >= 4 is 11.7 Å². The van der Waals surface area contributed by atoms with Gasteiger partial charge in [0.25, 0.3) is 0 Å². The highest BCUT2D eigenvalue weighted by Gasteiger charge is 2.38. The number of para-hydroxylation sites is 1. The molecular formula is C21H31N3O2. The lowest BCUT2D eigenvalue weighted by molar-refractivity contribution is -0.139. The molecule has 4 rings (SSSR count). The summed E-state index contributed by atoms with van der Waals surface area (Å²) in [5, 5.41) is 13.0. The van der Waals surface area contributed by atoms with Gasteiger partial charge < -0.3 is 15.3 Å². The molecular weight excluding hydrogens is 326 g/mol. The second-order valence-electron chi connectivity index (χ2n) is 8.35. The lowest BCUT2D eigenvalue weighted by Gasteiger charge is -2.45. The van der Waals surface area contributed by atoms with Crippen LogP contribution in [0.4, 0.5) is 5.69 Å². The zero-order valence-electron chi connectivity index (χ0n) is 15.5. The third kappa shape index (κ3) is 4.57. The number of carbonyl (C=O) groups is 1. The molecule has 5 heteroatoms. The van der Waals surface area contributed by atoms with E-state index < -0.39 is 5.97 Å². The van der Waals surface area contributed by atoms with Gasteiger partial charge in [-0.25, -0.2) is 0 Å². The quantitative estimate of drug-likeness (QED) is 0.749. The predicted octanol–water partition coefficient (Wildman–Crippen LogP) is 2.57. The summed E-state index contributed by atoms with van der Waals surface area (Å²) in [5.74, 6) is 0.0685. The molecule has 142 valence electrons. The molecule has 1 aliphatic heterocycles. The summed E-state index contributed by atoms with van der Waals surface area (Å²) in [5.41, 5.74) is 1.33. The zero-order valence-corrected chi connectivity index (χ0v) is 15.5. The third-order valence-corrected chi connectivity index (χ3v) is 6.25. The van der Waals surface area contributed by atoms with Crippen molar-refractivity contribution in [3.05, 3.63) is 30.3 Å². The van der Waals surface area contributed by atoms with E-state index in [-0.39, 0.29) is 6.54 Å². The highest BCUT2D eigenvalue weighted by molar-refractivity contribution is 5.69. The van der Waals surface area contributed by atoms with Crippen LogP contribution in [0.15, 0.2) is 30.3 Å². The van der Waals surface area contributed by atoms with Crippen LogP contribution in [-0.4, -0.2) is 60.3 Å². The monoisotopic (exact) mass is 357 g/mol. The fourth-order valence-electron chi connectivity index (χ4n) is 4.45. The summed E-state index contributed by atoms with van der Waals surface area (Å²) >= 11 is 0. The van der Waals surface area contributed by atoms with Gasteiger partial charge in [0.2, 0.25) is 0 Å². The third-order valence-electron chi connectivity index (χ3n) is 6.25. The number of rotatable bonds is 8. The molecule has 3 fully saturated rings. The van der Waals surface area contributed by atoms with Crippen LogP contribution < -0.4 is 10.2 Å². The largest absolute Gasteiger partial charge is 0.480 e. The number of carboxylic acid groups (broad SMARTS) is 1. The first kappa shape index (κ1) is 17.8. The number of anilines is 1. The van der Waals surface area contributed by atoms with E-state index in [4.69, 9.17) is 5.11 Å². The lowest BCUT2D eigenvalue weighted by Crippen LogP contribution is -2.57. The van der Waals surface area contributed by atoms with Gasteiger partial charge in [-0.2, -0.15) is 0 Å². The molecule has 2 N–H and O–H groups in total. The summed E-state index contributed by atoms with van der Waals surface area (Å²) < 4.78 is 0. The molecule has 2 saturated carbocycles. The second-order valence-corrected chi connectivity index (χ2v) is 8.35. The summed E-state index contributed by atoms with van der Waals surface area (Å²) in [6, 6.07) is 12.3. The highest BCUT2D eigenvalue weighted by Crippen LogP contribution is 2.34. The molecule has 0 bridgehead atoms. The molecule has 0 radical (unpaired) electrons. The van der Waals surface area contributed by atoms with Crippen LogP contribution in [0.5, 0.6) is 0 Å². The number of carboxylic acids is 1. The summed E-state index contributed by atoms with van der Waals surface area (Å²) in [4.78, 5) is 15.8. The van der Waals surface area contributed by atoms with E-state index >= 15 is 0 Å². The van der Waals surface area contributed by atoms with Crippen molar-refractivity contribution in [3.63, 3.8) is 0 Å². The van der Waals surface area contributed by atoms with Crippen LogP contribution in [0.1, 0.15) is 38.5 Å². The predicted molar refractivity (Wildman–Crippen MR) is 104 cm³/mol. The van der Waals surface area contributed by atoms with E-state index in [0.717, 1.165) is 38.4 Å². The first-order valence-electron chi connectivity index (χ1n) is 10.2. The van der Waals surface area contributed by atoms with Gasteiger partial charge in [0.05, 0.1) is 6.54 Å². The minimum absolute atomic E-state index is 0.212. The molecule has 3 aliphatic rings. The number of aliphatic carboxylic acids is 1. The normalized spacial score (nSPS) is 26.7. The van der Waals surface area contributed by atoms with Crippen LogP contribution in [-0.2, 0) is 4.79 Å². The molecule has 0 spiro atoms. The summed E-state index contributed by atoms with van der Waals surface area (Å²) in [6.07, 6.45) is 7.17. The average Bonchev–Trinajstić information content (AvgIpc) is 3.42. The zero-order chi connectivity index (χ0) is 17.9. The van der Waals surface area contributed by atoms with Crippen LogP contribution in [0.25, 0.3) is 0 Å². The molecule has 1 aromatic carbocycles. The van der Waals surface area contributed by atoms with Crippen molar-refractivity contribution in [2.24, 2.45) is 5.92 Å². The van der Waals surface area contributed by atoms with E-state index in [9.17, 15) is 4.79 Å². The second kappa shape index (κ2) is 7.97. The van der Waals surface area contributed by atoms with Crippen molar-refractivity contribution in [2.75, 3.05) is 31.1 Å².